The molecule has 0 spiro atoms. The van der Waals surface area contributed by atoms with E-state index in [2.05, 4.69) is 20.6 Å². The zero-order valence-corrected chi connectivity index (χ0v) is 12.3. The number of hydrogen-bond acceptors (Lipinski definition) is 5. The zero-order chi connectivity index (χ0) is 15.5. The predicted octanol–water partition coefficient (Wildman–Crippen LogP) is 2.05. The molecule has 0 saturated carbocycles. The molecule has 112 valence electrons. The van der Waals surface area contributed by atoms with Gasteiger partial charge in [-0.3, -0.25) is 4.79 Å². The second-order valence-electron chi connectivity index (χ2n) is 4.85. The molecule has 0 aliphatic carbocycles. The van der Waals surface area contributed by atoms with Gasteiger partial charge in [-0.25, -0.2) is 9.67 Å². The van der Waals surface area contributed by atoms with Crippen molar-refractivity contribution in [3.63, 3.8) is 0 Å². The fraction of sp³-hybridized carbons (Fsp3) is 0.200. The van der Waals surface area contributed by atoms with Crippen LogP contribution in [0.1, 0.15) is 17.0 Å². The van der Waals surface area contributed by atoms with Crippen molar-refractivity contribution >= 4 is 11.6 Å². The Morgan fingerprint density at radius 3 is 2.86 bits per heavy atom. The number of hydrogen-bond donors (Lipinski definition) is 1. The van der Waals surface area contributed by atoms with E-state index in [1.54, 1.807) is 48.4 Å². The van der Waals surface area contributed by atoms with Gasteiger partial charge in [-0.15, -0.1) is 0 Å². The normalized spacial score (nSPS) is 10.6. The highest BCUT2D eigenvalue weighted by Crippen LogP contribution is 2.18. The molecule has 7 heteroatoms. The van der Waals surface area contributed by atoms with Crippen molar-refractivity contribution < 1.29 is 9.32 Å². The molecule has 0 unspecified atom stereocenters. The van der Waals surface area contributed by atoms with E-state index in [-0.39, 0.29) is 12.3 Å². The lowest BCUT2D eigenvalue weighted by Crippen LogP contribution is -2.17. The molecule has 22 heavy (non-hydrogen) atoms. The minimum absolute atomic E-state index is 0.157. The summed E-state index contributed by atoms with van der Waals surface area (Å²) in [5, 5.41) is 10.8. The zero-order valence-electron chi connectivity index (χ0n) is 12.3. The van der Waals surface area contributed by atoms with Crippen LogP contribution in [0.25, 0.3) is 5.82 Å². The number of pyridine rings is 1. The van der Waals surface area contributed by atoms with Crippen molar-refractivity contribution in [2.45, 2.75) is 20.3 Å². The average molecular weight is 297 g/mol. The fourth-order valence-electron chi connectivity index (χ4n) is 2.18. The number of nitrogens with one attached hydrogen (secondary N) is 1. The smallest absolute Gasteiger partial charge is 0.229 e. The third-order valence-corrected chi connectivity index (χ3v) is 3.30. The molecule has 1 amide bonds. The summed E-state index contributed by atoms with van der Waals surface area (Å²) in [6.07, 6.45) is 5.28. The van der Waals surface area contributed by atoms with Gasteiger partial charge in [-0.2, -0.15) is 5.10 Å². The third kappa shape index (κ3) is 2.73. The Kier molecular flexibility index (Phi) is 3.69. The van der Waals surface area contributed by atoms with E-state index < -0.39 is 0 Å². The number of anilines is 1. The summed E-state index contributed by atoms with van der Waals surface area (Å²) in [4.78, 5) is 16.5. The topological polar surface area (TPSA) is 85.8 Å². The van der Waals surface area contributed by atoms with Crippen molar-refractivity contribution in [1.29, 1.82) is 0 Å². The third-order valence-electron chi connectivity index (χ3n) is 3.30. The molecule has 0 radical (unpaired) electrons. The Balaban J connectivity index is 1.81. The number of rotatable bonds is 4. The summed E-state index contributed by atoms with van der Waals surface area (Å²) in [6.45, 7) is 3.61. The number of carbonyl (C=O) groups excluding carboxylic acids is 1. The van der Waals surface area contributed by atoms with Gasteiger partial charge in [-0.05, 0) is 32.0 Å². The molecule has 1 N–H and O–H groups in total. The minimum Gasteiger partial charge on any atom is -0.361 e. The van der Waals surface area contributed by atoms with Gasteiger partial charge in [0.1, 0.15) is 5.76 Å². The van der Waals surface area contributed by atoms with Gasteiger partial charge < -0.3 is 9.84 Å². The first-order chi connectivity index (χ1) is 10.6. The average Bonchev–Trinajstić information content (AvgIpc) is 3.13. The highest BCUT2D eigenvalue weighted by Gasteiger charge is 2.15. The number of amides is 1. The molecule has 0 saturated heterocycles. The first kappa shape index (κ1) is 14.0. The van der Waals surface area contributed by atoms with Gasteiger partial charge in [0.15, 0.2) is 5.82 Å². The second-order valence-corrected chi connectivity index (χ2v) is 4.85. The SMILES string of the molecule is Cc1noc(C)c1CC(=O)Nc1cccnc1-n1cccn1. The monoisotopic (exact) mass is 297 g/mol. The second kappa shape index (κ2) is 5.80. The van der Waals surface area contributed by atoms with Crippen LogP contribution in [-0.4, -0.2) is 25.8 Å². The first-order valence-corrected chi connectivity index (χ1v) is 6.82. The summed E-state index contributed by atoms with van der Waals surface area (Å²) >= 11 is 0. The molecule has 0 bridgehead atoms. The van der Waals surface area contributed by atoms with Crippen molar-refractivity contribution in [3.8, 4) is 5.82 Å². The highest BCUT2D eigenvalue weighted by molar-refractivity contribution is 5.93. The van der Waals surface area contributed by atoms with E-state index in [9.17, 15) is 4.79 Å². The van der Waals surface area contributed by atoms with Crippen LogP contribution in [0.5, 0.6) is 0 Å². The van der Waals surface area contributed by atoms with Crippen molar-refractivity contribution in [2.75, 3.05) is 5.32 Å². The molecule has 0 aromatic carbocycles. The van der Waals surface area contributed by atoms with Crippen LogP contribution in [0, 0.1) is 13.8 Å². The van der Waals surface area contributed by atoms with Crippen molar-refractivity contribution in [1.82, 2.24) is 19.9 Å². The van der Waals surface area contributed by atoms with Gasteiger partial charge in [0.25, 0.3) is 0 Å². The minimum atomic E-state index is -0.157. The van der Waals surface area contributed by atoms with Crippen LogP contribution >= 0.6 is 0 Å². The standard InChI is InChI=1S/C15H15N5O2/c1-10-12(11(2)22-19-10)9-14(21)18-13-5-3-6-16-15(13)20-8-4-7-17-20/h3-8H,9H2,1-2H3,(H,18,21). The largest absolute Gasteiger partial charge is 0.361 e. The number of nitrogens with zero attached hydrogens (tertiary/aromatic N) is 4. The summed E-state index contributed by atoms with van der Waals surface area (Å²) < 4.78 is 6.68. The van der Waals surface area contributed by atoms with Crippen LogP contribution < -0.4 is 5.32 Å². The Bertz CT molecular complexity index is 773. The van der Waals surface area contributed by atoms with Crippen molar-refractivity contribution in [3.05, 3.63) is 53.8 Å². The van der Waals surface area contributed by atoms with Crippen molar-refractivity contribution in [2.24, 2.45) is 0 Å². The van der Waals surface area contributed by atoms with Crippen LogP contribution in [0.15, 0.2) is 41.3 Å². The maximum Gasteiger partial charge on any atom is 0.229 e. The molecule has 0 aliphatic rings. The number of aromatic nitrogens is 4. The molecule has 3 aromatic rings. The lowest BCUT2D eigenvalue weighted by atomic mass is 10.1. The lowest BCUT2D eigenvalue weighted by Gasteiger charge is -2.09. The fourth-order valence-corrected chi connectivity index (χ4v) is 2.18. The summed E-state index contributed by atoms with van der Waals surface area (Å²) in [5.41, 5.74) is 2.14. The van der Waals surface area contributed by atoms with E-state index in [1.165, 1.54) is 0 Å². The Labute approximate surface area is 127 Å². The summed E-state index contributed by atoms with van der Waals surface area (Å²) in [5.74, 6) is 1.07. The van der Waals surface area contributed by atoms with Crippen LogP contribution in [0.2, 0.25) is 0 Å². The molecule has 3 rings (SSSR count). The Morgan fingerprint density at radius 2 is 2.18 bits per heavy atom. The maximum absolute atomic E-state index is 12.3. The number of aryl methyl sites for hydroxylation is 2. The van der Waals surface area contributed by atoms with E-state index >= 15 is 0 Å². The van der Waals surface area contributed by atoms with Crippen LogP contribution in [-0.2, 0) is 11.2 Å². The number of carbonyl (C=O) groups is 1. The predicted molar refractivity (Wildman–Crippen MR) is 79.7 cm³/mol. The first-order valence-electron chi connectivity index (χ1n) is 6.82. The van der Waals surface area contributed by atoms with E-state index in [4.69, 9.17) is 4.52 Å². The lowest BCUT2D eigenvalue weighted by molar-refractivity contribution is -0.115. The van der Waals surface area contributed by atoms with Crippen LogP contribution in [0.4, 0.5) is 5.69 Å². The van der Waals surface area contributed by atoms with E-state index in [0.717, 1.165) is 11.3 Å². The van der Waals surface area contributed by atoms with Crippen LogP contribution in [0.3, 0.4) is 0 Å². The quantitative estimate of drug-likeness (QED) is 0.796. The van der Waals surface area contributed by atoms with Gasteiger partial charge in [0, 0.05) is 24.2 Å². The Morgan fingerprint density at radius 1 is 1.32 bits per heavy atom. The molecule has 3 aromatic heterocycles. The molecule has 0 fully saturated rings. The molecule has 3 heterocycles. The summed E-state index contributed by atoms with van der Waals surface area (Å²) in [6, 6.07) is 5.35. The molecular weight excluding hydrogens is 282 g/mol. The molecule has 7 nitrogen and oxygen atoms in total. The summed E-state index contributed by atoms with van der Waals surface area (Å²) in [7, 11) is 0. The van der Waals surface area contributed by atoms with Gasteiger partial charge in [0.2, 0.25) is 5.91 Å². The molecule has 0 aliphatic heterocycles. The van der Waals surface area contributed by atoms with Gasteiger partial charge >= 0.3 is 0 Å². The van der Waals surface area contributed by atoms with Gasteiger partial charge in [-0.1, -0.05) is 5.16 Å². The van der Waals surface area contributed by atoms with E-state index in [0.29, 0.717) is 17.3 Å². The Hall–Kier alpha value is -2.96. The van der Waals surface area contributed by atoms with Gasteiger partial charge in [0.05, 0.1) is 17.8 Å². The highest BCUT2D eigenvalue weighted by atomic mass is 16.5. The molecular formula is C15H15N5O2. The molecule has 0 atom stereocenters. The van der Waals surface area contributed by atoms with E-state index in [1.807, 2.05) is 6.92 Å². The maximum atomic E-state index is 12.3.